The Hall–Kier alpha value is -0.380. The van der Waals surface area contributed by atoms with Gasteiger partial charge < -0.3 is 11.1 Å². The van der Waals surface area contributed by atoms with E-state index in [9.17, 15) is 0 Å². The first-order valence-electron chi connectivity index (χ1n) is 6.14. The van der Waals surface area contributed by atoms with Crippen LogP contribution in [0.5, 0.6) is 0 Å². The second kappa shape index (κ2) is 7.05. The average Bonchev–Trinajstić information content (AvgIpc) is 2.59. The summed E-state index contributed by atoms with van der Waals surface area (Å²) in [4.78, 5) is 2.88. The standard InChI is InChI=1S/C13H24N2S/c1-4-12(8-14)5-6-15-9-13-7-10(2)11(3)16-13/h7,12,15H,4-6,8-9,14H2,1-3H3. The average molecular weight is 240 g/mol. The van der Waals surface area contributed by atoms with Crippen molar-refractivity contribution in [2.45, 2.75) is 40.2 Å². The lowest BCUT2D eigenvalue weighted by Crippen LogP contribution is -2.21. The van der Waals surface area contributed by atoms with Crippen molar-refractivity contribution >= 4 is 11.3 Å². The van der Waals surface area contributed by atoms with Crippen LogP contribution >= 0.6 is 11.3 Å². The Labute approximate surface area is 103 Å². The third-order valence-corrected chi connectivity index (χ3v) is 4.31. The molecule has 0 aliphatic rings. The van der Waals surface area contributed by atoms with Gasteiger partial charge in [-0.15, -0.1) is 11.3 Å². The van der Waals surface area contributed by atoms with Gasteiger partial charge >= 0.3 is 0 Å². The fraction of sp³-hybridized carbons (Fsp3) is 0.692. The van der Waals surface area contributed by atoms with E-state index in [1.54, 1.807) is 0 Å². The molecule has 0 aliphatic carbocycles. The predicted octanol–water partition coefficient (Wildman–Crippen LogP) is 2.83. The van der Waals surface area contributed by atoms with Gasteiger partial charge in [0.2, 0.25) is 0 Å². The quantitative estimate of drug-likeness (QED) is 0.719. The zero-order valence-electron chi connectivity index (χ0n) is 10.7. The highest BCUT2D eigenvalue weighted by Crippen LogP contribution is 2.20. The molecule has 1 heterocycles. The summed E-state index contributed by atoms with van der Waals surface area (Å²) in [5.74, 6) is 0.680. The summed E-state index contributed by atoms with van der Waals surface area (Å²) in [5.41, 5.74) is 7.09. The molecule has 92 valence electrons. The molecule has 16 heavy (non-hydrogen) atoms. The van der Waals surface area contributed by atoms with Gasteiger partial charge in [0.05, 0.1) is 0 Å². The molecular weight excluding hydrogens is 216 g/mol. The van der Waals surface area contributed by atoms with E-state index in [4.69, 9.17) is 5.73 Å². The van der Waals surface area contributed by atoms with Gasteiger partial charge in [0.1, 0.15) is 0 Å². The number of nitrogens with two attached hydrogens (primary N) is 1. The number of rotatable bonds is 7. The van der Waals surface area contributed by atoms with E-state index in [2.05, 4.69) is 32.2 Å². The first-order valence-corrected chi connectivity index (χ1v) is 6.95. The molecule has 1 aromatic heterocycles. The van der Waals surface area contributed by atoms with Crippen LogP contribution in [0.3, 0.4) is 0 Å². The summed E-state index contributed by atoms with van der Waals surface area (Å²) in [6.07, 6.45) is 2.38. The molecule has 0 fully saturated rings. The lowest BCUT2D eigenvalue weighted by Gasteiger charge is -2.11. The molecule has 3 heteroatoms. The second-order valence-corrected chi connectivity index (χ2v) is 5.77. The minimum absolute atomic E-state index is 0.680. The highest BCUT2D eigenvalue weighted by atomic mass is 32.1. The van der Waals surface area contributed by atoms with E-state index < -0.39 is 0 Å². The predicted molar refractivity (Wildman–Crippen MR) is 73.0 cm³/mol. The summed E-state index contributed by atoms with van der Waals surface area (Å²) >= 11 is 1.90. The summed E-state index contributed by atoms with van der Waals surface area (Å²) in [6, 6.07) is 2.28. The van der Waals surface area contributed by atoms with E-state index in [0.717, 1.165) is 19.6 Å². The molecule has 0 aliphatic heterocycles. The molecule has 0 saturated heterocycles. The van der Waals surface area contributed by atoms with Gasteiger partial charge in [-0.1, -0.05) is 13.3 Å². The molecule has 0 saturated carbocycles. The lowest BCUT2D eigenvalue weighted by molar-refractivity contribution is 0.461. The highest BCUT2D eigenvalue weighted by Gasteiger charge is 2.04. The first kappa shape index (κ1) is 13.7. The van der Waals surface area contributed by atoms with Gasteiger partial charge in [0, 0.05) is 16.3 Å². The van der Waals surface area contributed by atoms with Gasteiger partial charge in [0.15, 0.2) is 0 Å². The monoisotopic (exact) mass is 240 g/mol. The molecule has 0 bridgehead atoms. The van der Waals surface area contributed by atoms with Crippen molar-refractivity contribution in [3.8, 4) is 0 Å². The molecule has 0 aromatic carbocycles. The Kier molecular flexibility index (Phi) is 6.03. The van der Waals surface area contributed by atoms with Gasteiger partial charge in [-0.3, -0.25) is 0 Å². The minimum atomic E-state index is 0.680. The largest absolute Gasteiger partial charge is 0.330 e. The zero-order chi connectivity index (χ0) is 12.0. The van der Waals surface area contributed by atoms with E-state index in [0.29, 0.717) is 5.92 Å². The maximum absolute atomic E-state index is 5.67. The van der Waals surface area contributed by atoms with Crippen LogP contribution in [0.1, 0.15) is 35.1 Å². The van der Waals surface area contributed by atoms with Crippen molar-refractivity contribution in [2.24, 2.45) is 11.7 Å². The van der Waals surface area contributed by atoms with Crippen LogP contribution in [0, 0.1) is 19.8 Å². The number of nitrogens with one attached hydrogen (secondary N) is 1. The van der Waals surface area contributed by atoms with Crippen molar-refractivity contribution in [2.75, 3.05) is 13.1 Å². The van der Waals surface area contributed by atoms with Crippen LogP contribution in [-0.2, 0) is 6.54 Å². The van der Waals surface area contributed by atoms with Crippen molar-refractivity contribution in [3.05, 3.63) is 21.4 Å². The maximum atomic E-state index is 5.67. The van der Waals surface area contributed by atoms with Gasteiger partial charge in [-0.2, -0.15) is 0 Å². The Morgan fingerprint density at radius 2 is 2.19 bits per heavy atom. The minimum Gasteiger partial charge on any atom is -0.330 e. The summed E-state index contributed by atoms with van der Waals surface area (Å²) in [5, 5.41) is 3.50. The Balaban J connectivity index is 2.20. The first-order chi connectivity index (χ1) is 7.67. The van der Waals surface area contributed by atoms with Crippen LogP contribution in [-0.4, -0.2) is 13.1 Å². The molecule has 3 N–H and O–H groups in total. The molecule has 0 radical (unpaired) electrons. The molecule has 1 rings (SSSR count). The Morgan fingerprint density at radius 1 is 1.44 bits per heavy atom. The van der Waals surface area contributed by atoms with Crippen LogP contribution < -0.4 is 11.1 Å². The van der Waals surface area contributed by atoms with Crippen molar-refractivity contribution < 1.29 is 0 Å². The molecule has 2 nitrogen and oxygen atoms in total. The fourth-order valence-electron chi connectivity index (χ4n) is 1.74. The van der Waals surface area contributed by atoms with Crippen molar-refractivity contribution in [3.63, 3.8) is 0 Å². The topological polar surface area (TPSA) is 38.0 Å². The smallest absolute Gasteiger partial charge is 0.0299 e. The molecule has 1 aromatic rings. The molecule has 0 amide bonds. The number of hydrogen-bond acceptors (Lipinski definition) is 3. The van der Waals surface area contributed by atoms with Gasteiger partial charge in [0.25, 0.3) is 0 Å². The summed E-state index contributed by atoms with van der Waals surface area (Å²) in [6.45, 7) is 9.47. The van der Waals surface area contributed by atoms with Crippen LogP contribution in [0.4, 0.5) is 0 Å². The Bertz CT molecular complexity index is 283. The van der Waals surface area contributed by atoms with E-state index in [1.165, 1.54) is 28.2 Å². The van der Waals surface area contributed by atoms with E-state index >= 15 is 0 Å². The molecular formula is C13H24N2S. The maximum Gasteiger partial charge on any atom is 0.0299 e. The molecule has 1 unspecified atom stereocenters. The zero-order valence-corrected chi connectivity index (χ0v) is 11.5. The van der Waals surface area contributed by atoms with Crippen LogP contribution in [0.2, 0.25) is 0 Å². The summed E-state index contributed by atoms with van der Waals surface area (Å²) in [7, 11) is 0. The van der Waals surface area contributed by atoms with E-state index in [-0.39, 0.29) is 0 Å². The number of thiophene rings is 1. The third kappa shape index (κ3) is 4.24. The second-order valence-electron chi connectivity index (χ2n) is 4.43. The molecule has 1 atom stereocenters. The molecule has 0 spiro atoms. The Morgan fingerprint density at radius 3 is 2.69 bits per heavy atom. The van der Waals surface area contributed by atoms with Crippen LogP contribution in [0.15, 0.2) is 6.07 Å². The van der Waals surface area contributed by atoms with Crippen LogP contribution in [0.25, 0.3) is 0 Å². The number of aryl methyl sites for hydroxylation is 2. The van der Waals surface area contributed by atoms with E-state index in [1.807, 2.05) is 11.3 Å². The van der Waals surface area contributed by atoms with Gasteiger partial charge in [-0.25, -0.2) is 0 Å². The fourth-order valence-corrected chi connectivity index (χ4v) is 2.77. The summed E-state index contributed by atoms with van der Waals surface area (Å²) < 4.78 is 0. The lowest BCUT2D eigenvalue weighted by atomic mass is 10.0. The van der Waals surface area contributed by atoms with Crippen molar-refractivity contribution in [1.82, 2.24) is 5.32 Å². The SMILES string of the molecule is CCC(CN)CCNCc1cc(C)c(C)s1. The number of hydrogen-bond donors (Lipinski definition) is 2. The van der Waals surface area contributed by atoms with Crippen molar-refractivity contribution in [1.29, 1.82) is 0 Å². The highest BCUT2D eigenvalue weighted by molar-refractivity contribution is 7.12. The third-order valence-electron chi connectivity index (χ3n) is 3.16. The van der Waals surface area contributed by atoms with Gasteiger partial charge in [-0.05, 0) is 50.9 Å². The normalized spacial score (nSPS) is 13.0.